The minimum Gasteiger partial charge on any atom is -0.383 e. The van der Waals surface area contributed by atoms with Crippen molar-refractivity contribution in [2.75, 3.05) is 5.73 Å². The van der Waals surface area contributed by atoms with Gasteiger partial charge in [-0.1, -0.05) is 36.3 Å². The highest BCUT2D eigenvalue weighted by molar-refractivity contribution is 5.90. The number of benzene rings is 2. The molecule has 5 aromatic rings. The third-order valence-corrected chi connectivity index (χ3v) is 5.78. The van der Waals surface area contributed by atoms with Gasteiger partial charge in [-0.15, -0.1) is 0 Å². The first-order valence-electron chi connectivity index (χ1n) is 11.1. The van der Waals surface area contributed by atoms with Gasteiger partial charge in [0.1, 0.15) is 36.3 Å². The van der Waals surface area contributed by atoms with E-state index in [1.807, 2.05) is 56.3 Å². The second-order valence-electron chi connectivity index (χ2n) is 8.33. The number of aromatic nitrogens is 6. The first-order chi connectivity index (χ1) is 16.8. The van der Waals surface area contributed by atoms with E-state index >= 15 is 0 Å². The zero-order valence-electron chi connectivity index (χ0n) is 19.5. The summed E-state index contributed by atoms with van der Waals surface area (Å²) in [6.45, 7) is 5.56. The predicted octanol–water partition coefficient (Wildman–Crippen LogP) is 2.51. The fraction of sp³-hybridized carbons (Fsp3) is 0.192. The third-order valence-electron chi connectivity index (χ3n) is 5.78. The first kappa shape index (κ1) is 22.3. The van der Waals surface area contributed by atoms with E-state index in [1.54, 1.807) is 16.2 Å². The van der Waals surface area contributed by atoms with Gasteiger partial charge in [-0.3, -0.25) is 9.36 Å². The van der Waals surface area contributed by atoms with Gasteiger partial charge in [0.25, 0.3) is 5.56 Å². The summed E-state index contributed by atoms with van der Waals surface area (Å²) in [5.41, 5.74) is 9.91. The highest BCUT2D eigenvalue weighted by atomic mass is 16.3. The second-order valence-corrected chi connectivity index (χ2v) is 8.33. The molecule has 35 heavy (non-hydrogen) atoms. The minimum atomic E-state index is -0.835. The number of nitrogen functional groups attached to an aromatic ring is 1. The molecule has 0 saturated heterocycles. The Morgan fingerprint density at radius 1 is 1.06 bits per heavy atom. The summed E-state index contributed by atoms with van der Waals surface area (Å²) in [7, 11) is 0. The van der Waals surface area contributed by atoms with Gasteiger partial charge in [-0.2, -0.15) is 5.10 Å². The van der Waals surface area contributed by atoms with Crippen LogP contribution < -0.4 is 11.3 Å². The number of aryl methyl sites for hydroxylation is 2. The SMILES string of the molecule is Cc1ccccc1-n1c(Cn2nc(C#CC(C)O)c3c(N)ncnc32)nc2cccc(C)c2c1=O. The first-order valence-corrected chi connectivity index (χ1v) is 11.1. The predicted molar refractivity (Wildman–Crippen MR) is 134 cm³/mol. The summed E-state index contributed by atoms with van der Waals surface area (Å²) in [4.78, 5) is 27.1. The Balaban J connectivity index is 1.79. The summed E-state index contributed by atoms with van der Waals surface area (Å²) in [5.74, 6) is 6.26. The normalized spacial score (nSPS) is 12.0. The summed E-state index contributed by atoms with van der Waals surface area (Å²) >= 11 is 0. The number of aliphatic hydroxyl groups excluding tert-OH is 1. The van der Waals surface area contributed by atoms with Crippen LogP contribution in [0, 0.1) is 25.7 Å². The average Bonchev–Trinajstić information content (AvgIpc) is 3.17. The monoisotopic (exact) mass is 465 g/mol. The Morgan fingerprint density at radius 3 is 2.60 bits per heavy atom. The van der Waals surface area contributed by atoms with E-state index in [0.29, 0.717) is 33.5 Å². The molecule has 0 aliphatic carbocycles. The molecule has 3 aromatic heterocycles. The van der Waals surface area contributed by atoms with Crippen molar-refractivity contribution in [2.45, 2.75) is 33.4 Å². The van der Waals surface area contributed by atoms with Crippen LogP contribution in [0.1, 0.15) is 29.6 Å². The lowest BCUT2D eigenvalue weighted by Gasteiger charge is -2.16. The van der Waals surface area contributed by atoms with Crippen LogP contribution in [0.25, 0.3) is 27.6 Å². The van der Waals surface area contributed by atoms with Crippen molar-refractivity contribution < 1.29 is 5.11 Å². The maximum atomic E-state index is 13.8. The van der Waals surface area contributed by atoms with E-state index in [1.165, 1.54) is 6.33 Å². The molecule has 0 aliphatic rings. The molecular weight excluding hydrogens is 442 g/mol. The maximum absolute atomic E-state index is 13.8. The Labute approximate surface area is 200 Å². The lowest BCUT2D eigenvalue weighted by Crippen LogP contribution is -2.26. The largest absolute Gasteiger partial charge is 0.383 e. The number of anilines is 1. The van der Waals surface area contributed by atoms with Crippen LogP contribution in [0.5, 0.6) is 0 Å². The van der Waals surface area contributed by atoms with Crippen LogP contribution in [-0.4, -0.2) is 40.5 Å². The maximum Gasteiger partial charge on any atom is 0.266 e. The zero-order valence-corrected chi connectivity index (χ0v) is 19.5. The van der Waals surface area contributed by atoms with Crippen LogP contribution in [0.15, 0.2) is 53.6 Å². The van der Waals surface area contributed by atoms with Crippen LogP contribution in [0.2, 0.25) is 0 Å². The van der Waals surface area contributed by atoms with Gasteiger partial charge in [0, 0.05) is 0 Å². The number of rotatable bonds is 3. The number of nitrogens with two attached hydrogens (primary N) is 1. The molecule has 9 heteroatoms. The number of fused-ring (bicyclic) bond motifs is 2. The molecule has 0 amide bonds. The average molecular weight is 466 g/mol. The topological polar surface area (TPSA) is 125 Å². The molecule has 1 unspecified atom stereocenters. The number of aliphatic hydroxyl groups is 1. The lowest BCUT2D eigenvalue weighted by atomic mass is 10.1. The standard InChI is InChI=1S/C26H23N7O2/c1-15-7-4-5-10-20(15)33-21(30-18-9-6-8-16(2)22(18)26(33)35)13-32-25-23(24(27)28-14-29-25)19(31-32)12-11-17(3)34/h4-10,14,17,34H,13H2,1-3H3,(H2,27,28,29). The zero-order chi connectivity index (χ0) is 24.7. The van der Waals surface area contributed by atoms with Gasteiger partial charge in [0.05, 0.1) is 22.0 Å². The van der Waals surface area contributed by atoms with Crippen molar-refractivity contribution in [3.05, 3.63) is 81.8 Å². The highest BCUT2D eigenvalue weighted by Gasteiger charge is 2.20. The molecule has 0 bridgehead atoms. The fourth-order valence-electron chi connectivity index (χ4n) is 4.15. The van der Waals surface area contributed by atoms with E-state index < -0.39 is 6.10 Å². The molecular formula is C26H23N7O2. The quantitative estimate of drug-likeness (QED) is 0.392. The summed E-state index contributed by atoms with van der Waals surface area (Å²) < 4.78 is 3.24. The molecule has 2 aromatic carbocycles. The molecule has 0 saturated carbocycles. The Bertz CT molecular complexity index is 1720. The molecule has 0 fully saturated rings. The summed E-state index contributed by atoms with van der Waals surface area (Å²) in [6, 6.07) is 13.3. The number of hydrogen-bond acceptors (Lipinski definition) is 7. The molecule has 0 spiro atoms. The van der Waals surface area contributed by atoms with Crippen molar-refractivity contribution in [1.29, 1.82) is 0 Å². The van der Waals surface area contributed by atoms with Crippen LogP contribution in [0.4, 0.5) is 5.82 Å². The van der Waals surface area contributed by atoms with Gasteiger partial charge in [0.15, 0.2) is 5.65 Å². The van der Waals surface area contributed by atoms with Crippen LogP contribution in [-0.2, 0) is 6.54 Å². The second kappa shape index (κ2) is 8.66. The van der Waals surface area contributed by atoms with Crippen molar-refractivity contribution in [3.8, 4) is 17.5 Å². The van der Waals surface area contributed by atoms with E-state index in [4.69, 9.17) is 10.7 Å². The molecule has 3 N–H and O–H groups in total. The molecule has 3 heterocycles. The van der Waals surface area contributed by atoms with Crippen molar-refractivity contribution in [3.63, 3.8) is 0 Å². The third kappa shape index (κ3) is 3.90. The van der Waals surface area contributed by atoms with Crippen LogP contribution >= 0.6 is 0 Å². The Morgan fingerprint density at radius 2 is 1.83 bits per heavy atom. The molecule has 1 atom stereocenters. The fourth-order valence-corrected chi connectivity index (χ4v) is 4.15. The van der Waals surface area contributed by atoms with Crippen molar-refractivity contribution >= 4 is 27.8 Å². The molecule has 174 valence electrons. The minimum absolute atomic E-state index is 0.136. The van der Waals surface area contributed by atoms with Crippen LogP contribution in [0.3, 0.4) is 0 Å². The van der Waals surface area contributed by atoms with E-state index in [-0.39, 0.29) is 17.9 Å². The lowest BCUT2D eigenvalue weighted by molar-refractivity contribution is 0.253. The Kier molecular flexibility index (Phi) is 5.51. The van der Waals surface area contributed by atoms with E-state index in [2.05, 4.69) is 26.9 Å². The van der Waals surface area contributed by atoms with Gasteiger partial charge in [-0.25, -0.2) is 19.6 Å². The summed E-state index contributed by atoms with van der Waals surface area (Å²) in [6.07, 6.45) is 0.519. The smallest absolute Gasteiger partial charge is 0.266 e. The molecule has 0 aliphatic heterocycles. The molecule has 0 radical (unpaired) electrons. The van der Waals surface area contributed by atoms with Crippen molar-refractivity contribution in [2.24, 2.45) is 0 Å². The van der Waals surface area contributed by atoms with Gasteiger partial charge in [-0.05, 0) is 50.0 Å². The number of nitrogens with zero attached hydrogens (tertiary/aromatic N) is 6. The van der Waals surface area contributed by atoms with Crippen molar-refractivity contribution in [1.82, 2.24) is 29.3 Å². The number of hydrogen-bond donors (Lipinski definition) is 2. The molecule has 9 nitrogen and oxygen atoms in total. The Hall–Kier alpha value is -4.55. The van der Waals surface area contributed by atoms with E-state index in [0.717, 1.165) is 16.8 Å². The van der Waals surface area contributed by atoms with Gasteiger partial charge < -0.3 is 10.8 Å². The van der Waals surface area contributed by atoms with Gasteiger partial charge >= 0.3 is 0 Å². The van der Waals surface area contributed by atoms with Gasteiger partial charge in [0.2, 0.25) is 0 Å². The summed E-state index contributed by atoms with van der Waals surface area (Å²) in [5, 5.41) is 15.3. The number of para-hydroxylation sites is 1. The highest BCUT2D eigenvalue weighted by Crippen LogP contribution is 2.23. The molecule has 5 rings (SSSR count). The van der Waals surface area contributed by atoms with E-state index in [9.17, 15) is 9.90 Å².